The molecule has 116 valence electrons. The molecule has 2 heterocycles. The molecular weight excluding hydrogens is 300 g/mol. The number of aromatic nitrogens is 4. The van der Waals surface area contributed by atoms with E-state index in [9.17, 15) is 14.4 Å². The first-order valence-corrected chi connectivity index (χ1v) is 6.70. The molecule has 0 radical (unpaired) electrons. The highest BCUT2D eigenvalue weighted by Crippen LogP contribution is 2.03. The Morgan fingerprint density at radius 1 is 1.13 bits per heavy atom. The maximum Gasteiger partial charge on any atom is 0.286 e. The molecule has 0 spiro atoms. The first-order valence-electron chi connectivity index (χ1n) is 6.70. The number of nitrogens with zero attached hydrogens (tertiary/aromatic N) is 3. The van der Waals surface area contributed by atoms with Gasteiger partial charge in [-0.15, -0.1) is 5.10 Å². The summed E-state index contributed by atoms with van der Waals surface area (Å²) in [4.78, 5) is 38.3. The van der Waals surface area contributed by atoms with Crippen molar-refractivity contribution in [3.05, 3.63) is 58.6 Å². The van der Waals surface area contributed by atoms with E-state index < -0.39 is 17.4 Å². The minimum atomic E-state index is -0.600. The SMILES string of the molecule is O=C(Cn1nnc2ccccc2c1=O)NNC(=O)c1ccc[nH]1. The van der Waals surface area contributed by atoms with Gasteiger partial charge >= 0.3 is 0 Å². The van der Waals surface area contributed by atoms with Gasteiger partial charge in [-0.2, -0.15) is 0 Å². The molecule has 3 aromatic rings. The molecule has 3 rings (SSSR count). The number of nitrogens with one attached hydrogen (secondary N) is 3. The predicted octanol–water partition coefficient (Wildman–Crippen LogP) is -0.419. The lowest BCUT2D eigenvalue weighted by Gasteiger charge is -2.07. The van der Waals surface area contributed by atoms with Gasteiger partial charge in [-0.05, 0) is 24.3 Å². The fraction of sp³-hybridized carbons (Fsp3) is 0.0714. The highest BCUT2D eigenvalue weighted by molar-refractivity contribution is 5.93. The van der Waals surface area contributed by atoms with Gasteiger partial charge in [-0.3, -0.25) is 25.2 Å². The van der Waals surface area contributed by atoms with Crippen LogP contribution in [0.4, 0.5) is 0 Å². The van der Waals surface area contributed by atoms with Crippen molar-refractivity contribution in [1.29, 1.82) is 0 Å². The van der Waals surface area contributed by atoms with E-state index in [2.05, 4.69) is 26.1 Å². The average molecular weight is 312 g/mol. The van der Waals surface area contributed by atoms with Gasteiger partial charge in [0.15, 0.2) is 0 Å². The van der Waals surface area contributed by atoms with Crippen LogP contribution < -0.4 is 16.4 Å². The molecule has 0 atom stereocenters. The average Bonchev–Trinajstić information content (AvgIpc) is 3.10. The molecule has 9 nitrogen and oxygen atoms in total. The van der Waals surface area contributed by atoms with Gasteiger partial charge in [0.25, 0.3) is 17.4 Å². The van der Waals surface area contributed by atoms with Crippen molar-refractivity contribution in [2.24, 2.45) is 0 Å². The molecule has 0 aliphatic heterocycles. The second kappa shape index (κ2) is 6.10. The molecule has 2 aromatic heterocycles. The van der Waals surface area contributed by atoms with Crippen molar-refractivity contribution < 1.29 is 9.59 Å². The third kappa shape index (κ3) is 3.07. The molecule has 9 heteroatoms. The monoisotopic (exact) mass is 312 g/mol. The van der Waals surface area contributed by atoms with Crippen LogP contribution in [-0.2, 0) is 11.3 Å². The van der Waals surface area contributed by atoms with Crippen LogP contribution in [-0.4, -0.2) is 31.8 Å². The summed E-state index contributed by atoms with van der Waals surface area (Å²) in [6, 6.07) is 9.91. The van der Waals surface area contributed by atoms with Crippen LogP contribution in [0.3, 0.4) is 0 Å². The van der Waals surface area contributed by atoms with Crippen molar-refractivity contribution in [2.75, 3.05) is 0 Å². The summed E-state index contributed by atoms with van der Waals surface area (Å²) in [6.45, 7) is -0.359. The van der Waals surface area contributed by atoms with Gasteiger partial charge in [-0.25, -0.2) is 4.68 Å². The van der Waals surface area contributed by atoms with Crippen LogP contribution in [0.15, 0.2) is 47.4 Å². The lowest BCUT2D eigenvalue weighted by Crippen LogP contribution is -2.44. The van der Waals surface area contributed by atoms with Crippen LogP contribution >= 0.6 is 0 Å². The Hall–Kier alpha value is -3.49. The summed E-state index contributed by atoms with van der Waals surface area (Å²) < 4.78 is 0.929. The number of hydrogen-bond acceptors (Lipinski definition) is 5. The maximum atomic E-state index is 12.2. The molecule has 0 aliphatic carbocycles. The van der Waals surface area contributed by atoms with Crippen molar-refractivity contribution in [1.82, 2.24) is 30.8 Å². The second-order valence-corrected chi connectivity index (χ2v) is 4.66. The van der Waals surface area contributed by atoms with Crippen molar-refractivity contribution >= 4 is 22.7 Å². The van der Waals surface area contributed by atoms with E-state index >= 15 is 0 Å². The Balaban J connectivity index is 1.67. The fourth-order valence-corrected chi connectivity index (χ4v) is 1.97. The van der Waals surface area contributed by atoms with Gasteiger partial charge < -0.3 is 4.98 Å². The number of fused-ring (bicyclic) bond motifs is 1. The fourth-order valence-electron chi connectivity index (χ4n) is 1.97. The van der Waals surface area contributed by atoms with E-state index in [-0.39, 0.29) is 6.54 Å². The topological polar surface area (TPSA) is 122 Å². The third-order valence-corrected chi connectivity index (χ3v) is 3.08. The summed E-state index contributed by atoms with van der Waals surface area (Å²) in [6.07, 6.45) is 1.58. The number of hydrazine groups is 1. The number of aromatic amines is 1. The standard InChI is InChI=1S/C14H12N6O3/c21-12(17-18-13(22)11-6-3-7-15-11)8-20-14(23)9-4-1-2-5-10(9)16-19-20/h1-7,15H,8H2,(H,17,21)(H,18,22). The number of H-pyrrole nitrogens is 1. The molecule has 0 aliphatic rings. The van der Waals surface area contributed by atoms with Crippen molar-refractivity contribution in [3.63, 3.8) is 0 Å². The van der Waals surface area contributed by atoms with Crippen LogP contribution in [0.5, 0.6) is 0 Å². The van der Waals surface area contributed by atoms with Crippen LogP contribution in [0.1, 0.15) is 10.5 Å². The molecule has 0 bridgehead atoms. The van der Waals surface area contributed by atoms with Crippen LogP contribution in [0.2, 0.25) is 0 Å². The molecule has 0 fully saturated rings. The smallest absolute Gasteiger partial charge is 0.286 e. The molecule has 0 saturated carbocycles. The molecule has 2 amide bonds. The summed E-state index contributed by atoms with van der Waals surface area (Å²) in [5, 5.41) is 7.94. The molecule has 0 saturated heterocycles. The zero-order valence-electron chi connectivity index (χ0n) is 11.8. The Kier molecular flexibility index (Phi) is 3.83. The van der Waals surface area contributed by atoms with Gasteiger partial charge in [-0.1, -0.05) is 17.3 Å². The predicted molar refractivity (Wildman–Crippen MR) is 80.2 cm³/mol. The Bertz CT molecular complexity index is 916. The second-order valence-electron chi connectivity index (χ2n) is 4.66. The molecule has 1 aromatic carbocycles. The number of benzene rings is 1. The zero-order chi connectivity index (χ0) is 16.2. The molecule has 23 heavy (non-hydrogen) atoms. The third-order valence-electron chi connectivity index (χ3n) is 3.08. The molecule has 0 unspecified atom stereocenters. The minimum Gasteiger partial charge on any atom is -0.357 e. The lowest BCUT2D eigenvalue weighted by atomic mass is 10.2. The first-order chi connectivity index (χ1) is 11.1. The number of hydrogen-bond donors (Lipinski definition) is 3. The van der Waals surface area contributed by atoms with E-state index in [1.165, 1.54) is 0 Å². The highest BCUT2D eigenvalue weighted by Gasteiger charge is 2.11. The molecule has 3 N–H and O–H groups in total. The summed E-state index contributed by atoms with van der Waals surface area (Å²) in [5.74, 6) is -1.10. The van der Waals surface area contributed by atoms with E-state index in [0.717, 1.165) is 4.68 Å². The van der Waals surface area contributed by atoms with Gasteiger partial charge in [0.1, 0.15) is 17.8 Å². The van der Waals surface area contributed by atoms with Gasteiger partial charge in [0.05, 0.1) is 5.39 Å². The lowest BCUT2D eigenvalue weighted by molar-refractivity contribution is -0.122. The Labute approximate surface area is 129 Å². The Morgan fingerprint density at radius 2 is 1.96 bits per heavy atom. The number of rotatable bonds is 3. The normalized spacial score (nSPS) is 10.4. The zero-order valence-corrected chi connectivity index (χ0v) is 11.8. The summed E-state index contributed by atoms with van der Waals surface area (Å²) >= 11 is 0. The first kappa shape index (κ1) is 14.4. The number of amides is 2. The number of carbonyl (C=O) groups is 2. The van der Waals surface area contributed by atoms with Crippen molar-refractivity contribution in [2.45, 2.75) is 6.54 Å². The van der Waals surface area contributed by atoms with E-state index in [1.54, 1.807) is 42.6 Å². The van der Waals surface area contributed by atoms with Crippen molar-refractivity contribution in [3.8, 4) is 0 Å². The van der Waals surface area contributed by atoms with E-state index in [4.69, 9.17) is 0 Å². The number of carbonyl (C=O) groups excluding carboxylic acids is 2. The van der Waals surface area contributed by atoms with E-state index in [0.29, 0.717) is 16.6 Å². The Morgan fingerprint density at radius 3 is 2.74 bits per heavy atom. The van der Waals surface area contributed by atoms with Crippen LogP contribution in [0, 0.1) is 0 Å². The van der Waals surface area contributed by atoms with Gasteiger partial charge in [0, 0.05) is 6.20 Å². The summed E-state index contributed by atoms with van der Waals surface area (Å²) in [7, 11) is 0. The highest BCUT2D eigenvalue weighted by atomic mass is 16.2. The minimum absolute atomic E-state index is 0.299. The van der Waals surface area contributed by atoms with E-state index in [1.807, 2.05) is 0 Å². The maximum absolute atomic E-state index is 12.2. The summed E-state index contributed by atoms with van der Waals surface area (Å²) in [5.41, 5.74) is 4.76. The van der Waals surface area contributed by atoms with Gasteiger partial charge in [0.2, 0.25) is 0 Å². The molecular formula is C14H12N6O3. The quantitative estimate of drug-likeness (QED) is 0.567. The largest absolute Gasteiger partial charge is 0.357 e. The van der Waals surface area contributed by atoms with Crippen LogP contribution in [0.25, 0.3) is 10.9 Å².